The van der Waals surface area contributed by atoms with E-state index in [0.29, 0.717) is 5.75 Å². The Morgan fingerprint density at radius 2 is 1.80 bits per heavy atom. The third kappa shape index (κ3) is 6.13. The summed E-state index contributed by atoms with van der Waals surface area (Å²) in [6, 6.07) is 9.04. The van der Waals surface area contributed by atoms with Crippen molar-refractivity contribution in [2.24, 2.45) is 0 Å². The van der Waals surface area contributed by atoms with Gasteiger partial charge in [0, 0.05) is 0 Å². The fourth-order valence-electron chi connectivity index (χ4n) is 1.01. The molecular weight excluding hydrogens is 246 g/mol. The molecular formula is C11H12O3Zn+2. The van der Waals surface area contributed by atoms with E-state index in [2.05, 4.69) is 0 Å². The van der Waals surface area contributed by atoms with Gasteiger partial charge in [0.1, 0.15) is 18.1 Å². The minimum absolute atomic E-state index is 0. The van der Waals surface area contributed by atoms with Crippen molar-refractivity contribution in [1.82, 2.24) is 0 Å². The third-order valence-electron chi connectivity index (χ3n) is 1.59. The largest absolute Gasteiger partial charge is 2.00 e. The van der Waals surface area contributed by atoms with Crippen molar-refractivity contribution < 1.29 is 33.8 Å². The maximum atomic E-state index is 11.1. The van der Waals surface area contributed by atoms with Crippen molar-refractivity contribution in [2.45, 2.75) is 13.3 Å². The van der Waals surface area contributed by atoms with E-state index in [-0.39, 0.29) is 44.1 Å². The molecule has 3 nitrogen and oxygen atoms in total. The average molecular weight is 258 g/mol. The molecule has 0 fully saturated rings. The molecule has 0 aliphatic carbocycles. The van der Waals surface area contributed by atoms with E-state index in [1.54, 1.807) is 12.1 Å². The van der Waals surface area contributed by atoms with Gasteiger partial charge in [0.15, 0.2) is 5.78 Å². The Bertz CT molecular complexity index is 322. The maximum absolute atomic E-state index is 11.1. The Balaban J connectivity index is 0.00000196. The van der Waals surface area contributed by atoms with Crippen molar-refractivity contribution in [1.29, 1.82) is 0 Å². The number of hydrogen-bond acceptors (Lipinski definition) is 3. The number of ether oxygens (including phenoxy) is 1. The van der Waals surface area contributed by atoms with Crippen molar-refractivity contribution in [3.8, 4) is 5.75 Å². The summed E-state index contributed by atoms with van der Waals surface area (Å²) in [6.07, 6.45) is -0.0488. The summed E-state index contributed by atoms with van der Waals surface area (Å²) < 4.78 is 5.17. The smallest absolute Gasteiger partial charge is 0.486 e. The molecule has 15 heavy (non-hydrogen) atoms. The van der Waals surface area contributed by atoms with Gasteiger partial charge < -0.3 is 4.74 Å². The van der Waals surface area contributed by atoms with Crippen LogP contribution >= 0.6 is 0 Å². The first-order valence-electron chi connectivity index (χ1n) is 4.37. The van der Waals surface area contributed by atoms with Gasteiger partial charge in [-0.25, -0.2) is 0 Å². The fourth-order valence-corrected chi connectivity index (χ4v) is 1.01. The monoisotopic (exact) mass is 256 g/mol. The number of carbonyl (C=O) groups is 2. The zero-order chi connectivity index (χ0) is 10.4. The third-order valence-corrected chi connectivity index (χ3v) is 1.59. The molecule has 0 atom stereocenters. The Kier molecular flexibility index (Phi) is 6.80. The maximum Gasteiger partial charge on any atom is 2.00 e. The summed E-state index contributed by atoms with van der Waals surface area (Å²) in [7, 11) is 0. The number of carbonyl (C=O) groups excluding carboxylic acids is 2. The van der Waals surface area contributed by atoms with E-state index in [0.717, 1.165) is 0 Å². The van der Waals surface area contributed by atoms with Crippen molar-refractivity contribution in [2.75, 3.05) is 6.61 Å². The van der Waals surface area contributed by atoms with Crippen LogP contribution in [0.1, 0.15) is 13.3 Å². The number of rotatable bonds is 5. The van der Waals surface area contributed by atoms with Gasteiger partial charge in [0.2, 0.25) is 0 Å². The Morgan fingerprint density at radius 3 is 2.33 bits per heavy atom. The zero-order valence-corrected chi connectivity index (χ0v) is 11.7. The molecule has 1 rings (SSSR count). The summed E-state index contributed by atoms with van der Waals surface area (Å²) in [6.45, 7) is 1.35. The molecule has 0 unspecified atom stereocenters. The minimum Gasteiger partial charge on any atom is -0.486 e. The van der Waals surface area contributed by atoms with Gasteiger partial charge in [-0.2, -0.15) is 0 Å². The molecule has 0 saturated carbocycles. The van der Waals surface area contributed by atoms with Crippen LogP contribution in [0.2, 0.25) is 0 Å². The van der Waals surface area contributed by atoms with Crippen LogP contribution in [0.3, 0.4) is 0 Å². The molecule has 0 saturated heterocycles. The second-order valence-electron chi connectivity index (χ2n) is 3.02. The van der Waals surface area contributed by atoms with Crippen LogP contribution in [0, 0.1) is 0 Å². The Hall–Kier alpha value is -1.02. The second kappa shape index (κ2) is 7.30. The van der Waals surface area contributed by atoms with E-state index in [9.17, 15) is 9.59 Å². The first-order valence-corrected chi connectivity index (χ1v) is 4.37. The number of ketones is 2. The number of para-hydroxylation sites is 1. The zero-order valence-electron chi connectivity index (χ0n) is 8.73. The molecule has 0 bridgehead atoms. The van der Waals surface area contributed by atoms with Gasteiger partial charge in [-0.15, -0.1) is 0 Å². The van der Waals surface area contributed by atoms with Crippen LogP contribution < -0.4 is 4.74 Å². The summed E-state index contributed by atoms with van der Waals surface area (Å²) in [5.74, 6) is 0.317. The van der Waals surface area contributed by atoms with Gasteiger partial charge in [0.25, 0.3) is 0 Å². The van der Waals surface area contributed by atoms with E-state index < -0.39 is 0 Å². The first-order chi connectivity index (χ1) is 6.68. The number of benzene rings is 1. The molecule has 0 amide bonds. The van der Waals surface area contributed by atoms with Crippen molar-refractivity contribution in [3.05, 3.63) is 30.3 Å². The standard InChI is InChI=1S/C11H12O3.Zn/c1-9(12)7-10(13)8-14-11-5-3-2-4-6-11;/h2-6H,7-8H2,1H3;/q;+2. The predicted molar refractivity (Wildman–Crippen MR) is 52.2 cm³/mol. The molecule has 1 aromatic rings. The molecule has 0 aromatic heterocycles. The quantitative estimate of drug-likeness (QED) is 0.595. The van der Waals surface area contributed by atoms with Gasteiger partial charge in [-0.05, 0) is 19.1 Å². The van der Waals surface area contributed by atoms with Crippen LogP contribution in [-0.2, 0) is 29.1 Å². The predicted octanol–water partition coefficient (Wildman–Crippen LogP) is 1.61. The van der Waals surface area contributed by atoms with E-state index in [1.807, 2.05) is 18.2 Å². The van der Waals surface area contributed by atoms with E-state index >= 15 is 0 Å². The molecule has 0 aliphatic heterocycles. The van der Waals surface area contributed by atoms with Crippen molar-refractivity contribution >= 4 is 11.6 Å². The molecule has 1 aromatic carbocycles. The Labute approximate surface area is 102 Å². The fraction of sp³-hybridized carbons (Fsp3) is 0.273. The molecule has 0 N–H and O–H groups in total. The topological polar surface area (TPSA) is 43.4 Å². The van der Waals surface area contributed by atoms with Gasteiger partial charge >= 0.3 is 19.5 Å². The van der Waals surface area contributed by atoms with Gasteiger partial charge in [0.05, 0.1) is 6.42 Å². The van der Waals surface area contributed by atoms with E-state index in [1.165, 1.54) is 6.92 Å². The van der Waals surface area contributed by atoms with Crippen LogP contribution in [0.5, 0.6) is 5.75 Å². The van der Waals surface area contributed by atoms with Gasteiger partial charge in [-0.1, -0.05) is 18.2 Å². The summed E-state index contributed by atoms with van der Waals surface area (Å²) in [5, 5.41) is 0. The molecule has 74 valence electrons. The number of Topliss-reactive ketones (excluding diaryl/α,β-unsaturated/α-hetero) is 2. The van der Waals surface area contributed by atoms with Crippen LogP contribution in [0.15, 0.2) is 30.3 Å². The first kappa shape index (κ1) is 14.0. The summed E-state index contributed by atoms with van der Waals surface area (Å²) in [4.78, 5) is 21.7. The minimum atomic E-state index is -0.193. The Morgan fingerprint density at radius 1 is 1.20 bits per heavy atom. The van der Waals surface area contributed by atoms with Crippen LogP contribution in [0.4, 0.5) is 0 Å². The molecule has 0 heterocycles. The number of hydrogen-bond donors (Lipinski definition) is 0. The molecule has 0 radical (unpaired) electrons. The SMILES string of the molecule is CC(=O)CC(=O)COc1ccccc1.[Zn+2]. The molecule has 0 spiro atoms. The average Bonchev–Trinajstić information content (AvgIpc) is 2.15. The van der Waals surface area contributed by atoms with E-state index in [4.69, 9.17) is 4.74 Å². The van der Waals surface area contributed by atoms with Crippen LogP contribution in [-0.4, -0.2) is 18.2 Å². The normalized spacial score (nSPS) is 8.87. The summed E-state index contributed by atoms with van der Waals surface area (Å²) >= 11 is 0. The van der Waals surface area contributed by atoms with Gasteiger partial charge in [-0.3, -0.25) is 9.59 Å². The second-order valence-corrected chi connectivity index (χ2v) is 3.02. The molecule has 0 aliphatic rings. The van der Waals surface area contributed by atoms with Crippen molar-refractivity contribution in [3.63, 3.8) is 0 Å². The van der Waals surface area contributed by atoms with Crippen LogP contribution in [0.25, 0.3) is 0 Å². The summed E-state index contributed by atoms with van der Waals surface area (Å²) in [5.41, 5.74) is 0. The molecule has 4 heteroatoms.